The lowest BCUT2D eigenvalue weighted by Gasteiger charge is -2.09. The number of hydrogen-bond donors (Lipinski definition) is 0. The van der Waals surface area contributed by atoms with Crippen LogP contribution >= 0.6 is 0 Å². The number of aryl methyl sites for hydroxylation is 1. The molecule has 21 heavy (non-hydrogen) atoms. The predicted octanol–water partition coefficient (Wildman–Crippen LogP) is 2.53. The third kappa shape index (κ3) is 3.37. The Balaban J connectivity index is 2.46. The van der Waals surface area contributed by atoms with Crippen molar-refractivity contribution in [3.63, 3.8) is 0 Å². The van der Waals surface area contributed by atoms with E-state index in [1.807, 2.05) is 38.1 Å². The first-order valence-corrected chi connectivity index (χ1v) is 7.00. The van der Waals surface area contributed by atoms with Crippen molar-refractivity contribution in [1.29, 1.82) is 0 Å². The molecule has 2 rings (SSSR count). The lowest BCUT2D eigenvalue weighted by Crippen LogP contribution is -2.25. The van der Waals surface area contributed by atoms with E-state index in [-0.39, 0.29) is 11.1 Å². The average molecular weight is 286 g/mol. The van der Waals surface area contributed by atoms with Crippen molar-refractivity contribution in [2.24, 2.45) is 0 Å². The molecule has 1 aromatic heterocycles. The molecule has 0 spiro atoms. The van der Waals surface area contributed by atoms with E-state index < -0.39 is 0 Å². The van der Waals surface area contributed by atoms with Crippen LogP contribution in [0.25, 0.3) is 11.3 Å². The second-order valence-electron chi connectivity index (χ2n) is 4.60. The van der Waals surface area contributed by atoms with Crippen LogP contribution in [-0.2, 0) is 6.54 Å². The Kier molecular flexibility index (Phi) is 4.87. The van der Waals surface area contributed by atoms with Gasteiger partial charge < -0.3 is 4.74 Å². The van der Waals surface area contributed by atoms with E-state index in [0.717, 1.165) is 17.7 Å². The lowest BCUT2D eigenvalue weighted by molar-refractivity contribution is 0.112. The van der Waals surface area contributed by atoms with Crippen molar-refractivity contribution < 1.29 is 9.53 Å². The Labute approximate surface area is 123 Å². The number of nitrogens with zero attached hydrogens (tertiary/aromatic N) is 2. The van der Waals surface area contributed by atoms with Gasteiger partial charge in [-0.25, -0.2) is 4.68 Å². The SMILES string of the molecule is CCCOc1cccc(-c2cc(C=O)c(=O)n(CC)n2)c1. The molecule has 0 fully saturated rings. The molecule has 0 aliphatic rings. The number of carbonyl (C=O) groups is 1. The first kappa shape index (κ1) is 15.0. The van der Waals surface area contributed by atoms with Crippen LogP contribution in [0.15, 0.2) is 35.1 Å². The van der Waals surface area contributed by atoms with E-state index >= 15 is 0 Å². The van der Waals surface area contributed by atoms with Crippen LogP contribution in [0.5, 0.6) is 5.75 Å². The fourth-order valence-electron chi connectivity index (χ4n) is 1.97. The van der Waals surface area contributed by atoms with Gasteiger partial charge in [-0.1, -0.05) is 19.1 Å². The Hall–Kier alpha value is -2.43. The maximum Gasteiger partial charge on any atom is 0.277 e. The number of aldehydes is 1. The summed E-state index contributed by atoms with van der Waals surface area (Å²) >= 11 is 0. The smallest absolute Gasteiger partial charge is 0.277 e. The van der Waals surface area contributed by atoms with Gasteiger partial charge in [0.2, 0.25) is 0 Å². The highest BCUT2D eigenvalue weighted by Crippen LogP contribution is 2.22. The van der Waals surface area contributed by atoms with Gasteiger partial charge in [0.25, 0.3) is 5.56 Å². The molecule has 0 unspecified atom stereocenters. The molecule has 2 aromatic rings. The van der Waals surface area contributed by atoms with E-state index in [9.17, 15) is 9.59 Å². The largest absolute Gasteiger partial charge is 0.494 e. The van der Waals surface area contributed by atoms with Gasteiger partial charge >= 0.3 is 0 Å². The Morgan fingerprint density at radius 2 is 2.10 bits per heavy atom. The average Bonchev–Trinajstić information content (AvgIpc) is 2.53. The summed E-state index contributed by atoms with van der Waals surface area (Å²) in [4.78, 5) is 22.9. The molecule has 0 aliphatic heterocycles. The van der Waals surface area contributed by atoms with Crippen LogP contribution in [0, 0.1) is 0 Å². The minimum Gasteiger partial charge on any atom is -0.494 e. The summed E-state index contributed by atoms with van der Waals surface area (Å²) in [6, 6.07) is 8.98. The minimum absolute atomic E-state index is 0.113. The van der Waals surface area contributed by atoms with E-state index in [4.69, 9.17) is 4.74 Å². The first-order chi connectivity index (χ1) is 10.2. The molecule has 0 bridgehead atoms. The van der Waals surface area contributed by atoms with Crippen LogP contribution in [0.1, 0.15) is 30.6 Å². The molecule has 1 aromatic carbocycles. The van der Waals surface area contributed by atoms with Gasteiger partial charge in [0.15, 0.2) is 6.29 Å². The van der Waals surface area contributed by atoms with E-state index in [0.29, 0.717) is 25.1 Å². The summed E-state index contributed by atoms with van der Waals surface area (Å²) < 4.78 is 6.88. The highest BCUT2D eigenvalue weighted by molar-refractivity contribution is 5.77. The van der Waals surface area contributed by atoms with Crippen molar-refractivity contribution >= 4 is 6.29 Å². The van der Waals surface area contributed by atoms with Crippen LogP contribution in [0.4, 0.5) is 0 Å². The molecule has 0 N–H and O–H groups in total. The zero-order chi connectivity index (χ0) is 15.2. The standard InChI is InChI=1S/C16H18N2O3/c1-3-8-21-14-7-5-6-12(9-14)15-10-13(11-19)16(20)18(4-2)17-15/h5-7,9-11H,3-4,8H2,1-2H3. The van der Waals surface area contributed by atoms with E-state index in [2.05, 4.69) is 5.10 Å². The highest BCUT2D eigenvalue weighted by atomic mass is 16.5. The van der Waals surface area contributed by atoms with Gasteiger partial charge in [-0.3, -0.25) is 9.59 Å². The molecular formula is C16H18N2O3. The Bertz CT molecular complexity index is 692. The zero-order valence-corrected chi connectivity index (χ0v) is 12.2. The molecule has 0 saturated carbocycles. The summed E-state index contributed by atoms with van der Waals surface area (Å²) in [6.07, 6.45) is 1.50. The summed E-state index contributed by atoms with van der Waals surface area (Å²) in [6.45, 7) is 4.91. The predicted molar refractivity (Wildman–Crippen MR) is 80.8 cm³/mol. The maximum absolute atomic E-state index is 11.9. The monoisotopic (exact) mass is 286 g/mol. The zero-order valence-electron chi connectivity index (χ0n) is 12.2. The fourth-order valence-corrected chi connectivity index (χ4v) is 1.97. The Morgan fingerprint density at radius 1 is 1.29 bits per heavy atom. The highest BCUT2D eigenvalue weighted by Gasteiger charge is 2.09. The maximum atomic E-state index is 11.9. The lowest BCUT2D eigenvalue weighted by atomic mass is 10.1. The van der Waals surface area contributed by atoms with Gasteiger partial charge in [-0.2, -0.15) is 5.10 Å². The third-order valence-corrected chi connectivity index (χ3v) is 3.03. The topological polar surface area (TPSA) is 61.2 Å². The molecule has 110 valence electrons. The Morgan fingerprint density at radius 3 is 2.76 bits per heavy atom. The van der Waals surface area contributed by atoms with Gasteiger partial charge in [-0.15, -0.1) is 0 Å². The normalized spacial score (nSPS) is 10.4. The van der Waals surface area contributed by atoms with Crippen molar-refractivity contribution in [3.05, 3.63) is 46.2 Å². The van der Waals surface area contributed by atoms with Crippen molar-refractivity contribution in [2.75, 3.05) is 6.61 Å². The van der Waals surface area contributed by atoms with Gasteiger partial charge in [0, 0.05) is 12.1 Å². The van der Waals surface area contributed by atoms with E-state index in [1.165, 1.54) is 10.7 Å². The van der Waals surface area contributed by atoms with Crippen molar-refractivity contribution in [3.8, 4) is 17.0 Å². The summed E-state index contributed by atoms with van der Waals surface area (Å²) in [5, 5.41) is 4.28. The van der Waals surface area contributed by atoms with Crippen LogP contribution in [0.3, 0.4) is 0 Å². The number of hydrogen-bond acceptors (Lipinski definition) is 4. The number of benzene rings is 1. The number of ether oxygens (including phenoxy) is 1. The number of aromatic nitrogens is 2. The van der Waals surface area contributed by atoms with Crippen LogP contribution in [-0.4, -0.2) is 22.7 Å². The summed E-state index contributed by atoms with van der Waals surface area (Å²) in [7, 11) is 0. The minimum atomic E-state index is -0.366. The quantitative estimate of drug-likeness (QED) is 0.766. The molecule has 5 nitrogen and oxygen atoms in total. The number of rotatable bonds is 6. The van der Waals surface area contributed by atoms with Gasteiger partial charge in [-0.05, 0) is 31.5 Å². The van der Waals surface area contributed by atoms with Crippen molar-refractivity contribution in [1.82, 2.24) is 9.78 Å². The van der Waals surface area contributed by atoms with E-state index in [1.54, 1.807) is 0 Å². The molecule has 0 atom stereocenters. The molecule has 0 aliphatic carbocycles. The molecule has 0 amide bonds. The molecule has 1 heterocycles. The van der Waals surface area contributed by atoms with Gasteiger partial charge in [0.1, 0.15) is 5.75 Å². The van der Waals surface area contributed by atoms with Crippen molar-refractivity contribution in [2.45, 2.75) is 26.8 Å². The molecule has 0 saturated heterocycles. The van der Waals surface area contributed by atoms with Crippen LogP contribution < -0.4 is 10.3 Å². The second kappa shape index (κ2) is 6.83. The number of carbonyl (C=O) groups excluding carboxylic acids is 1. The second-order valence-corrected chi connectivity index (χ2v) is 4.60. The summed E-state index contributed by atoms with van der Waals surface area (Å²) in [5.74, 6) is 0.748. The van der Waals surface area contributed by atoms with Crippen LogP contribution in [0.2, 0.25) is 0 Å². The summed E-state index contributed by atoms with van der Waals surface area (Å²) in [5.41, 5.74) is 1.14. The fraction of sp³-hybridized carbons (Fsp3) is 0.312. The first-order valence-electron chi connectivity index (χ1n) is 7.00. The molecular weight excluding hydrogens is 268 g/mol. The molecule has 0 radical (unpaired) electrons. The molecule has 5 heteroatoms. The third-order valence-electron chi connectivity index (χ3n) is 3.03. The van der Waals surface area contributed by atoms with Gasteiger partial charge in [0.05, 0.1) is 17.9 Å².